The number of fused-ring (bicyclic) bond motifs is 1. The van der Waals surface area contributed by atoms with Crippen molar-refractivity contribution in [1.29, 1.82) is 0 Å². The van der Waals surface area contributed by atoms with Crippen LogP contribution in [0.1, 0.15) is 0 Å². The third-order valence-electron chi connectivity index (χ3n) is 5.29. The van der Waals surface area contributed by atoms with Gasteiger partial charge in [0.1, 0.15) is 17.3 Å². The molecular formula is C22H14ClF7N4O5. The zero-order valence-corrected chi connectivity index (χ0v) is 20.0. The second kappa shape index (κ2) is 9.92. The summed E-state index contributed by atoms with van der Waals surface area (Å²) in [6, 6.07) is 5.98. The highest BCUT2D eigenvalue weighted by Gasteiger charge is 2.39. The lowest BCUT2D eigenvalue weighted by atomic mass is 10.2. The van der Waals surface area contributed by atoms with Crippen molar-refractivity contribution in [2.45, 2.75) is 25.2 Å². The van der Waals surface area contributed by atoms with E-state index in [0.717, 1.165) is 12.1 Å². The van der Waals surface area contributed by atoms with Gasteiger partial charge in [0.05, 0.1) is 11.6 Å². The fraction of sp³-hybridized carbons (Fsp3) is 0.227. The summed E-state index contributed by atoms with van der Waals surface area (Å²) in [7, 11) is 1.34. The molecule has 2 aromatic heterocycles. The summed E-state index contributed by atoms with van der Waals surface area (Å²) in [4.78, 5) is 30.6. The Bertz CT molecular complexity index is 1680. The van der Waals surface area contributed by atoms with Crippen molar-refractivity contribution in [3.63, 3.8) is 0 Å². The Morgan fingerprint density at radius 3 is 2.33 bits per heavy atom. The van der Waals surface area contributed by atoms with Crippen LogP contribution in [0.3, 0.4) is 0 Å². The van der Waals surface area contributed by atoms with E-state index in [1.165, 1.54) is 29.8 Å². The second-order valence-corrected chi connectivity index (χ2v) is 8.39. The van der Waals surface area contributed by atoms with Crippen LogP contribution in [-0.2, 0) is 13.6 Å². The molecule has 9 nitrogen and oxygen atoms in total. The first-order chi connectivity index (χ1) is 18.0. The molecule has 0 aliphatic heterocycles. The maximum absolute atomic E-state index is 14.3. The third-order valence-corrected chi connectivity index (χ3v) is 5.59. The fourth-order valence-corrected chi connectivity index (χ4v) is 3.77. The minimum atomic E-state index is -5.05. The molecule has 1 unspecified atom stereocenters. The Morgan fingerprint density at radius 2 is 1.74 bits per heavy atom. The molecule has 39 heavy (non-hydrogen) atoms. The van der Waals surface area contributed by atoms with Crippen molar-refractivity contribution in [2.75, 3.05) is 0 Å². The SMILES string of the molecule is Cn1c(-c2ccc(Oc3ccc(OC(F)(F)F)cc3F)c(Cl)c2)nc2c1c(=O)[nH]c(=O)n2CC(O)C(F)(F)F. The number of aliphatic hydroxyl groups is 1. The van der Waals surface area contributed by atoms with Crippen molar-refractivity contribution >= 4 is 22.8 Å². The van der Waals surface area contributed by atoms with Crippen LogP contribution in [0.4, 0.5) is 30.7 Å². The van der Waals surface area contributed by atoms with Gasteiger partial charge in [-0.25, -0.2) is 14.2 Å². The van der Waals surface area contributed by atoms with Gasteiger partial charge in [0.2, 0.25) is 0 Å². The van der Waals surface area contributed by atoms with E-state index in [1.54, 1.807) is 0 Å². The molecule has 0 fully saturated rings. The molecule has 0 radical (unpaired) electrons. The quantitative estimate of drug-likeness (QED) is 0.324. The topological polar surface area (TPSA) is 111 Å². The van der Waals surface area contributed by atoms with E-state index in [2.05, 4.69) is 9.72 Å². The van der Waals surface area contributed by atoms with Crippen molar-refractivity contribution in [1.82, 2.24) is 19.1 Å². The number of nitrogens with zero attached hydrogens (tertiary/aromatic N) is 3. The number of aliphatic hydroxyl groups excluding tert-OH is 1. The zero-order chi connectivity index (χ0) is 28.9. The molecule has 0 spiro atoms. The van der Waals surface area contributed by atoms with Crippen LogP contribution in [0.5, 0.6) is 17.2 Å². The largest absolute Gasteiger partial charge is 0.573 e. The van der Waals surface area contributed by atoms with Crippen LogP contribution in [0.2, 0.25) is 5.02 Å². The molecule has 4 rings (SSSR count). The first-order valence-corrected chi connectivity index (χ1v) is 10.9. The Hall–Kier alpha value is -4.05. The first kappa shape index (κ1) is 28.0. The van der Waals surface area contributed by atoms with Crippen molar-refractivity contribution in [2.24, 2.45) is 7.05 Å². The Balaban J connectivity index is 1.69. The van der Waals surface area contributed by atoms with Crippen LogP contribution < -0.4 is 20.7 Å². The predicted molar refractivity (Wildman–Crippen MR) is 121 cm³/mol. The minimum Gasteiger partial charge on any atom is -0.453 e. The number of hydrogen-bond acceptors (Lipinski definition) is 6. The van der Waals surface area contributed by atoms with E-state index in [9.17, 15) is 45.4 Å². The van der Waals surface area contributed by atoms with Gasteiger partial charge in [0, 0.05) is 18.7 Å². The van der Waals surface area contributed by atoms with Crippen LogP contribution in [0, 0.1) is 5.82 Å². The van der Waals surface area contributed by atoms with E-state index in [0.29, 0.717) is 10.6 Å². The van der Waals surface area contributed by atoms with Gasteiger partial charge in [-0.3, -0.25) is 14.3 Å². The number of imidazole rings is 1. The number of ether oxygens (including phenoxy) is 2. The minimum absolute atomic E-state index is 0.0235. The standard InChI is InChI=1S/C22H14ClF7N4O5/c1-33-16-18(34(20(37)32-19(16)36)8-15(35)21(25,26)27)31-17(33)9-2-4-13(11(23)6-9)38-14-5-3-10(7-12(14)24)39-22(28,29)30/h2-7,15,35H,8H2,1H3,(H,32,36,37). The number of nitrogens with one attached hydrogen (secondary N) is 1. The van der Waals surface area contributed by atoms with Gasteiger partial charge in [0.25, 0.3) is 5.56 Å². The van der Waals surface area contributed by atoms with Gasteiger partial charge in [0.15, 0.2) is 28.8 Å². The molecule has 2 heterocycles. The van der Waals surface area contributed by atoms with E-state index in [4.69, 9.17) is 16.3 Å². The summed E-state index contributed by atoms with van der Waals surface area (Å²) in [5.74, 6) is -2.65. The van der Waals surface area contributed by atoms with Crippen molar-refractivity contribution in [3.8, 4) is 28.6 Å². The summed E-state index contributed by atoms with van der Waals surface area (Å²) in [6.07, 6.45) is -13.0. The summed E-state index contributed by atoms with van der Waals surface area (Å²) in [5.41, 5.74) is -2.71. The smallest absolute Gasteiger partial charge is 0.453 e. The average molecular weight is 583 g/mol. The van der Waals surface area contributed by atoms with Crippen LogP contribution in [-0.4, -0.2) is 42.9 Å². The summed E-state index contributed by atoms with van der Waals surface area (Å²) in [6.45, 7) is -1.24. The second-order valence-electron chi connectivity index (χ2n) is 7.98. The Morgan fingerprint density at radius 1 is 1.08 bits per heavy atom. The number of hydrogen-bond donors (Lipinski definition) is 2. The summed E-state index contributed by atoms with van der Waals surface area (Å²) < 4.78 is 100. The van der Waals surface area contributed by atoms with Crippen molar-refractivity contribution in [3.05, 3.63) is 68.1 Å². The highest BCUT2D eigenvalue weighted by Crippen LogP contribution is 2.36. The molecule has 1 atom stereocenters. The lowest BCUT2D eigenvalue weighted by Crippen LogP contribution is -2.39. The highest BCUT2D eigenvalue weighted by atomic mass is 35.5. The number of rotatable bonds is 6. The molecule has 0 bridgehead atoms. The number of aryl methyl sites for hydroxylation is 1. The van der Waals surface area contributed by atoms with E-state index < -0.39 is 59.4 Å². The Kier molecular flexibility index (Phi) is 7.12. The van der Waals surface area contributed by atoms with Crippen LogP contribution >= 0.6 is 11.6 Å². The van der Waals surface area contributed by atoms with Gasteiger partial charge in [-0.1, -0.05) is 11.6 Å². The van der Waals surface area contributed by atoms with Crippen LogP contribution in [0.25, 0.3) is 22.6 Å². The molecule has 2 aromatic carbocycles. The first-order valence-electron chi connectivity index (χ1n) is 10.5. The summed E-state index contributed by atoms with van der Waals surface area (Å²) >= 11 is 6.22. The van der Waals surface area contributed by atoms with Gasteiger partial charge >= 0.3 is 18.2 Å². The van der Waals surface area contributed by atoms with Crippen molar-refractivity contribution < 1.29 is 45.3 Å². The lowest BCUT2D eigenvalue weighted by Gasteiger charge is -2.15. The van der Waals surface area contributed by atoms with E-state index in [-0.39, 0.29) is 27.7 Å². The molecule has 0 saturated carbocycles. The molecule has 4 aromatic rings. The van der Waals surface area contributed by atoms with Gasteiger partial charge < -0.3 is 19.1 Å². The van der Waals surface area contributed by atoms with Gasteiger partial charge in [-0.05, 0) is 30.3 Å². The number of alkyl halides is 6. The van der Waals surface area contributed by atoms with Gasteiger partial charge in [-0.2, -0.15) is 13.2 Å². The molecule has 0 aliphatic carbocycles. The van der Waals surface area contributed by atoms with Crippen LogP contribution in [0.15, 0.2) is 46.0 Å². The highest BCUT2D eigenvalue weighted by molar-refractivity contribution is 6.32. The maximum Gasteiger partial charge on any atom is 0.573 e. The normalized spacial score (nSPS) is 13.1. The molecule has 0 aliphatic rings. The van der Waals surface area contributed by atoms with E-state index >= 15 is 0 Å². The molecule has 2 N–H and O–H groups in total. The fourth-order valence-electron chi connectivity index (χ4n) is 3.55. The monoisotopic (exact) mass is 582 g/mol. The van der Waals surface area contributed by atoms with E-state index in [1.807, 2.05) is 4.98 Å². The summed E-state index contributed by atoms with van der Waals surface area (Å²) in [5, 5.41) is 9.29. The molecule has 0 amide bonds. The number of aromatic amines is 1. The molecule has 208 valence electrons. The molecular weight excluding hydrogens is 569 g/mol. The number of halogens is 8. The average Bonchev–Trinajstić information content (AvgIpc) is 3.15. The maximum atomic E-state index is 14.3. The zero-order valence-electron chi connectivity index (χ0n) is 19.2. The number of aromatic nitrogens is 4. The number of benzene rings is 2. The van der Waals surface area contributed by atoms with Gasteiger partial charge in [-0.15, -0.1) is 13.2 Å². The molecule has 0 saturated heterocycles. The Labute approximate surface area is 216 Å². The number of H-pyrrole nitrogens is 1. The lowest BCUT2D eigenvalue weighted by molar-refractivity contribution is -0.274. The molecule has 17 heteroatoms. The third kappa shape index (κ3) is 5.85. The predicted octanol–water partition coefficient (Wildman–Crippen LogP) is 4.50.